The average Bonchev–Trinajstić information content (AvgIpc) is 2.69. The van der Waals surface area contributed by atoms with Gasteiger partial charge in [-0.25, -0.2) is 5.43 Å². The molecule has 0 bridgehead atoms. The zero-order valence-electron chi connectivity index (χ0n) is 14.4. The number of halogens is 2. The van der Waals surface area contributed by atoms with Crippen molar-refractivity contribution in [1.82, 2.24) is 5.43 Å². The van der Waals surface area contributed by atoms with E-state index in [2.05, 4.69) is 42.4 Å². The number of hydrazone groups is 1. The molecule has 1 aliphatic heterocycles. The van der Waals surface area contributed by atoms with Crippen molar-refractivity contribution in [1.29, 1.82) is 0 Å². The molecule has 4 rings (SSSR count). The van der Waals surface area contributed by atoms with Gasteiger partial charge in [0.25, 0.3) is 5.91 Å². The first-order valence-electron chi connectivity index (χ1n) is 8.41. The Morgan fingerprint density at radius 2 is 1.64 bits per heavy atom. The molecule has 5 nitrogen and oxygen atoms in total. The van der Waals surface area contributed by atoms with Crippen molar-refractivity contribution in [3.63, 3.8) is 0 Å². The number of rotatable bonds is 3. The van der Waals surface area contributed by atoms with Gasteiger partial charge in [-0.1, -0.05) is 52.3 Å². The summed E-state index contributed by atoms with van der Waals surface area (Å²) in [4.78, 5) is 13.0. The standard InChI is InChI=1S/C21H14Br2N2O3/c22-13-9-12(20(26)16(23)10-13)11-24-25-21(27)19-14-5-1-3-7-17(14)28-18-8-4-2-6-15(18)19/h1-11,19,26H,(H,25,27)/b24-11+. The van der Waals surface area contributed by atoms with E-state index < -0.39 is 5.92 Å². The van der Waals surface area contributed by atoms with Crippen LogP contribution >= 0.6 is 31.9 Å². The maximum absolute atomic E-state index is 13.0. The van der Waals surface area contributed by atoms with Crippen molar-refractivity contribution >= 4 is 44.0 Å². The summed E-state index contributed by atoms with van der Waals surface area (Å²) >= 11 is 6.64. The van der Waals surface area contributed by atoms with Crippen LogP contribution in [-0.2, 0) is 4.79 Å². The Kier molecular flexibility index (Phi) is 5.19. The van der Waals surface area contributed by atoms with Crippen molar-refractivity contribution in [2.75, 3.05) is 0 Å². The molecule has 7 heteroatoms. The third-order valence-corrected chi connectivity index (χ3v) is 5.44. The largest absolute Gasteiger partial charge is 0.506 e. The van der Waals surface area contributed by atoms with Crippen LogP contribution < -0.4 is 10.2 Å². The molecular weight excluding hydrogens is 488 g/mol. The van der Waals surface area contributed by atoms with Crippen LogP contribution in [-0.4, -0.2) is 17.2 Å². The lowest BCUT2D eigenvalue weighted by molar-refractivity contribution is -0.121. The van der Waals surface area contributed by atoms with E-state index in [-0.39, 0.29) is 11.7 Å². The van der Waals surface area contributed by atoms with Crippen molar-refractivity contribution in [2.24, 2.45) is 5.10 Å². The first-order chi connectivity index (χ1) is 13.5. The second kappa shape index (κ2) is 7.77. The highest BCUT2D eigenvalue weighted by atomic mass is 79.9. The summed E-state index contributed by atoms with van der Waals surface area (Å²) < 4.78 is 7.22. The van der Waals surface area contributed by atoms with Crippen molar-refractivity contribution < 1.29 is 14.6 Å². The minimum absolute atomic E-state index is 0.0444. The third kappa shape index (κ3) is 3.55. The summed E-state index contributed by atoms with van der Waals surface area (Å²) in [5.74, 6) is 0.523. The second-order valence-corrected chi connectivity index (χ2v) is 7.94. The first kappa shape index (κ1) is 18.7. The van der Waals surface area contributed by atoms with Crippen molar-refractivity contribution in [3.05, 3.63) is 86.3 Å². The molecule has 2 N–H and O–H groups in total. The highest BCUT2D eigenvalue weighted by Crippen LogP contribution is 2.43. The summed E-state index contributed by atoms with van der Waals surface area (Å²) in [5.41, 5.74) is 4.61. The molecule has 0 fully saturated rings. The van der Waals surface area contributed by atoms with Gasteiger partial charge < -0.3 is 9.84 Å². The number of hydrogen-bond acceptors (Lipinski definition) is 4. The smallest absolute Gasteiger partial charge is 0.252 e. The van der Waals surface area contributed by atoms with Gasteiger partial charge >= 0.3 is 0 Å². The third-order valence-electron chi connectivity index (χ3n) is 4.38. The highest BCUT2D eigenvalue weighted by molar-refractivity contribution is 9.11. The molecule has 28 heavy (non-hydrogen) atoms. The molecule has 0 saturated heterocycles. The zero-order chi connectivity index (χ0) is 19.7. The number of hydrogen-bond donors (Lipinski definition) is 2. The number of amides is 1. The number of nitrogens with zero attached hydrogens (tertiary/aromatic N) is 1. The Balaban J connectivity index is 1.62. The summed E-state index contributed by atoms with van der Waals surface area (Å²) in [6, 6.07) is 18.3. The lowest BCUT2D eigenvalue weighted by Gasteiger charge is -2.26. The summed E-state index contributed by atoms with van der Waals surface area (Å²) in [6.45, 7) is 0. The van der Waals surface area contributed by atoms with Crippen molar-refractivity contribution in [2.45, 2.75) is 5.92 Å². The number of phenols is 1. The fourth-order valence-corrected chi connectivity index (χ4v) is 4.36. The molecule has 0 spiro atoms. The van der Waals surface area contributed by atoms with Crippen LogP contribution in [0.2, 0.25) is 0 Å². The number of benzene rings is 3. The number of carbonyl (C=O) groups excluding carboxylic acids is 1. The summed E-state index contributed by atoms with van der Waals surface area (Å²) in [7, 11) is 0. The van der Waals surface area contributed by atoms with Crippen LogP contribution in [0, 0.1) is 0 Å². The number of ether oxygens (including phenoxy) is 1. The fourth-order valence-electron chi connectivity index (χ4n) is 3.11. The van der Waals surface area contributed by atoms with E-state index in [1.54, 1.807) is 12.1 Å². The number of nitrogens with one attached hydrogen (secondary N) is 1. The molecule has 140 valence electrons. The molecule has 3 aromatic rings. The number of carbonyl (C=O) groups is 1. The van der Waals surface area contributed by atoms with Gasteiger partial charge in [0.1, 0.15) is 17.2 Å². The Bertz CT molecular complexity index is 1050. The van der Waals surface area contributed by atoms with Crippen molar-refractivity contribution in [3.8, 4) is 17.2 Å². The van der Waals surface area contributed by atoms with Gasteiger partial charge in [-0.3, -0.25) is 4.79 Å². The van der Waals surface area contributed by atoms with Crippen LogP contribution in [0.15, 0.2) is 74.7 Å². The second-order valence-electron chi connectivity index (χ2n) is 6.17. The minimum Gasteiger partial charge on any atom is -0.506 e. The van der Waals surface area contributed by atoms with Gasteiger partial charge in [-0.15, -0.1) is 0 Å². The molecule has 0 atom stereocenters. The van der Waals surface area contributed by atoms with Gasteiger partial charge in [-0.05, 0) is 40.2 Å². The van der Waals surface area contributed by atoms with E-state index >= 15 is 0 Å². The maximum Gasteiger partial charge on any atom is 0.252 e. The van der Waals surface area contributed by atoms with Gasteiger partial charge in [0.2, 0.25) is 0 Å². The molecule has 0 aromatic heterocycles. The average molecular weight is 502 g/mol. The predicted molar refractivity (Wildman–Crippen MR) is 114 cm³/mol. The van der Waals surface area contributed by atoms with E-state index in [0.29, 0.717) is 21.5 Å². The molecule has 3 aromatic carbocycles. The lowest BCUT2D eigenvalue weighted by atomic mass is 9.87. The fraction of sp³-hybridized carbons (Fsp3) is 0.0476. The highest BCUT2D eigenvalue weighted by Gasteiger charge is 2.32. The number of para-hydroxylation sites is 2. The van der Waals surface area contributed by atoms with Crippen LogP contribution in [0.3, 0.4) is 0 Å². The van der Waals surface area contributed by atoms with Gasteiger partial charge in [0, 0.05) is 21.2 Å². The molecule has 0 radical (unpaired) electrons. The Hall–Kier alpha value is -2.64. The number of phenolic OH excluding ortho intramolecular Hbond substituents is 1. The molecule has 0 aliphatic carbocycles. The van der Waals surface area contributed by atoms with Crippen LogP contribution in [0.4, 0.5) is 0 Å². The SMILES string of the molecule is O=C(N/N=C/c1cc(Br)cc(Br)c1O)C1c2ccccc2Oc2ccccc21. The first-order valence-corrected chi connectivity index (χ1v) is 10.00. The Morgan fingerprint density at radius 3 is 2.29 bits per heavy atom. The van der Waals surface area contributed by atoms with E-state index in [1.807, 2.05) is 48.5 Å². The minimum atomic E-state index is -0.541. The summed E-state index contributed by atoms with van der Waals surface area (Å²) in [6.07, 6.45) is 1.40. The molecular formula is C21H14Br2N2O3. The monoisotopic (exact) mass is 500 g/mol. The zero-order valence-corrected chi connectivity index (χ0v) is 17.6. The van der Waals surface area contributed by atoms with Gasteiger partial charge in [0.15, 0.2) is 0 Å². The van der Waals surface area contributed by atoms with Crippen LogP contribution in [0.1, 0.15) is 22.6 Å². The quantitative estimate of drug-likeness (QED) is 0.377. The number of fused-ring (bicyclic) bond motifs is 2. The van der Waals surface area contributed by atoms with Gasteiger partial charge in [-0.2, -0.15) is 5.10 Å². The van der Waals surface area contributed by atoms with Crippen LogP contribution in [0.25, 0.3) is 0 Å². The number of aromatic hydroxyl groups is 1. The maximum atomic E-state index is 13.0. The van der Waals surface area contributed by atoms with Crippen LogP contribution in [0.5, 0.6) is 17.2 Å². The molecule has 1 heterocycles. The normalized spacial score (nSPS) is 12.9. The Labute approximate surface area is 178 Å². The lowest BCUT2D eigenvalue weighted by Crippen LogP contribution is -2.28. The predicted octanol–water partition coefficient (Wildman–Crippen LogP) is 5.31. The van der Waals surface area contributed by atoms with E-state index in [9.17, 15) is 9.90 Å². The molecule has 1 amide bonds. The van der Waals surface area contributed by atoms with E-state index in [4.69, 9.17) is 4.74 Å². The summed E-state index contributed by atoms with van der Waals surface area (Å²) in [5, 5.41) is 14.1. The topological polar surface area (TPSA) is 70.9 Å². The Morgan fingerprint density at radius 1 is 1.04 bits per heavy atom. The molecule has 0 unspecified atom stereocenters. The molecule has 1 aliphatic rings. The van der Waals surface area contributed by atoms with E-state index in [1.165, 1.54) is 6.21 Å². The van der Waals surface area contributed by atoms with Gasteiger partial charge in [0.05, 0.1) is 16.6 Å². The molecule has 0 saturated carbocycles. The van der Waals surface area contributed by atoms with E-state index in [0.717, 1.165) is 15.6 Å².